The molecule has 0 atom stereocenters. The Kier molecular flexibility index (Phi) is 6.54. The molecule has 0 aliphatic carbocycles. The van der Waals surface area contributed by atoms with Crippen molar-refractivity contribution in [3.8, 4) is 5.75 Å². The largest absolute Gasteiger partial charge is 0.483 e. The molecular weight excluding hydrogens is 252 g/mol. The molecule has 0 fully saturated rings. The first-order valence-corrected chi connectivity index (χ1v) is 6.37. The van der Waals surface area contributed by atoms with Gasteiger partial charge in [0.25, 0.3) is 5.91 Å². The van der Waals surface area contributed by atoms with Gasteiger partial charge in [-0.05, 0) is 31.2 Å². The Morgan fingerprint density at radius 2 is 2.22 bits per heavy atom. The molecule has 1 amide bonds. The molecule has 0 saturated carbocycles. The molecule has 18 heavy (non-hydrogen) atoms. The molecule has 0 spiro atoms. The first-order valence-electron chi connectivity index (χ1n) is 6.00. The second-order valence-electron chi connectivity index (χ2n) is 3.89. The first kappa shape index (κ1) is 14.8. The summed E-state index contributed by atoms with van der Waals surface area (Å²) in [4.78, 5) is 11.1. The Morgan fingerprint density at radius 1 is 1.44 bits per heavy atom. The van der Waals surface area contributed by atoms with Gasteiger partial charge in [0.05, 0.1) is 0 Å². The Bertz CT molecular complexity index is 397. The van der Waals surface area contributed by atoms with Gasteiger partial charge in [-0.1, -0.05) is 18.5 Å². The molecule has 1 aromatic carbocycles. The number of halogens is 1. The normalized spacial score (nSPS) is 10.2. The Labute approximate surface area is 113 Å². The van der Waals surface area contributed by atoms with Crippen molar-refractivity contribution in [2.45, 2.75) is 19.9 Å². The summed E-state index contributed by atoms with van der Waals surface area (Å²) >= 11 is 5.96. The van der Waals surface area contributed by atoms with Crippen LogP contribution in [0.2, 0.25) is 5.02 Å². The molecule has 0 radical (unpaired) electrons. The summed E-state index contributed by atoms with van der Waals surface area (Å²) in [6.07, 6.45) is 1.06. The zero-order valence-corrected chi connectivity index (χ0v) is 11.5. The highest BCUT2D eigenvalue weighted by Gasteiger charge is 2.06. The van der Waals surface area contributed by atoms with E-state index in [1.54, 1.807) is 19.2 Å². The van der Waals surface area contributed by atoms with Crippen LogP contribution in [0.1, 0.15) is 18.9 Å². The minimum Gasteiger partial charge on any atom is -0.483 e. The summed E-state index contributed by atoms with van der Waals surface area (Å²) in [5, 5.41) is 6.46. The monoisotopic (exact) mass is 270 g/mol. The van der Waals surface area contributed by atoms with Crippen LogP contribution in [0, 0.1) is 0 Å². The molecule has 0 bridgehead atoms. The van der Waals surface area contributed by atoms with Gasteiger partial charge >= 0.3 is 0 Å². The lowest BCUT2D eigenvalue weighted by atomic mass is 10.2. The summed E-state index contributed by atoms with van der Waals surface area (Å²) in [7, 11) is 1.58. The van der Waals surface area contributed by atoms with E-state index < -0.39 is 0 Å². The van der Waals surface area contributed by atoms with Crippen molar-refractivity contribution in [1.82, 2.24) is 10.6 Å². The van der Waals surface area contributed by atoms with Crippen LogP contribution in [0.5, 0.6) is 5.75 Å². The number of carbonyl (C=O) groups is 1. The van der Waals surface area contributed by atoms with E-state index in [2.05, 4.69) is 17.6 Å². The van der Waals surface area contributed by atoms with Crippen molar-refractivity contribution in [3.63, 3.8) is 0 Å². The van der Waals surface area contributed by atoms with E-state index >= 15 is 0 Å². The van der Waals surface area contributed by atoms with Crippen LogP contribution in [-0.2, 0) is 11.3 Å². The van der Waals surface area contributed by atoms with E-state index in [9.17, 15) is 4.79 Å². The maximum Gasteiger partial charge on any atom is 0.257 e. The number of amides is 1. The average molecular weight is 271 g/mol. The highest BCUT2D eigenvalue weighted by molar-refractivity contribution is 6.30. The predicted molar refractivity (Wildman–Crippen MR) is 73.0 cm³/mol. The van der Waals surface area contributed by atoms with Crippen LogP contribution in [0.15, 0.2) is 18.2 Å². The molecule has 4 nitrogen and oxygen atoms in total. The molecule has 0 aliphatic heterocycles. The van der Waals surface area contributed by atoms with Crippen molar-refractivity contribution in [3.05, 3.63) is 28.8 Å². The lowest BCUT2D eigenvalue weighted by molar-refractivity contribution is -0.122. The van der Waals surface area contributed by atoms with Gasteiger partial charge in [0.2, 0.25) is 0 Å². The van der Waals surface area contributed by atoms with Crippen LogP contribution < -0.4 is 15.4 Å². The number of likely N-dealkylation sites (N-methyl/N-ethyl adjacent to an activating group) is 1. The Hall–Kier alpha value is -1.26. The SMILES string of the molecule is CCCNCc1cc(Cl)ccc1OCC(=O)NC. The Morgan fingerprint density at radius 3 is 2.89 bits per heavy atom. The van der Waals surface area contributed by atoms with Crippen LogP contribution in [0.4, 0.5) is 0 Å². The molecule has 0 aliphatic rings. The number of hydrogen-bond donors (Lipinski definition) is 2. The smallest absolute Gasteiger partial charge is 0.257 e. The number of benzene rings is 1. The number of rotatable bonds is 7. The summed E-state index contributed by atoms with van der Waals surface area (Å²) in [5.41, 5.74) is 0.958. The lowest BCUT2D eigenvalue weighted by Crippen LogP contribution is -2.25. The van der Waals surface area contributed by atoms with E-state index in [4.69, 9.17) is 16.3 Å². The maximum atomic E-state index is 11.1. The predicted octanol–water partition coefficient (Wildman–Crippen LogP) is 1.96. The molecule has 0 saturated heterocycles. The molecule has 100 valence electrons. The second-order valence-corrected chi connectivity index (χ2v) is 4.33. The summed E-state index contributed by atoms with van der Waals surface area (Å²) in [5.74, 6) is 0.532. The summed E-state index contributed by atoms with van der Waals surface area (Å²) in [6.45, 7) is 3.73. The van der Waals surface area contributed by atoms with Gasteiger partial charge in [0, 0.05) is 24.2 Å². The number of carbonyl (C=O) groups excluding carboxylic acids is 1. The molecule has 0 heterocycles. The molecule has 5 heteroatoms. The topological polar surface area (TPSA) is 50.4 Å². The summed E-state index contributed by atoms with van der Waals surface area (Å²) < 4.78 is 5.46. The maximum absolute atomic E-state index is 11.1. The zero-order valence-electron chi connectivity index (χ0n) is 10.8. The van der Waals surface area contributed by atoms with Gasteiger partial charge in [0.15, 0.2) is 6.61 Å². The van der Waals surface area contributed by atoms with E-state index in [1.807, 2.05) is 6.07 Å². The van der Waals surface area contributed by atoms with Gasteiger partial charge in [-0.25, -0.2) is 0 Å². The van der Waals surface area contributed by atoms with E-state index in [-0.39, 0.29) is 12.5 Å². The van der Waals surface area contributed by atoms with Crippen LogP contribution in [0.3, 0.4) is 0 Å². The fraction of sp³-hybridized carbons (Fsp3) is 0.462. The van der Waals surface area contributed by atoms with Crippen molar-refractivity contribution >= 4 is 17.5 Å². The van der Waals surface area contributed by atoms with Crippen LogP contribution >= 0.6 is 11.6 Å². The highest BCUT2D eigenvalue weighted by atomic mass is 35.5. The minimum absolute atomic E-state index is 0.0128. The first-order chi connectivity index (χ1) is 8.67. The van der Waals surface area contributed by atoms with Gasteiger partial charge in [-0.2, -0.15) is 0 Å². The van der Waals surface area contributed by atoms with E-state index in [0.717, 1.165) is 18.5 Å². The zero-order chi connectivity index (χ0) is 13.4. The molecular formula is C13H19ClN2O2. The van der Waals surface area contributed by atoms with Gasteiger partial charge in [-0.3, -0.25) is 4.79 Å². The van der Waals surface area contributed by atoms with Crippen molar-refractivity contribution in [2.75, 3.05) is 20.2 Å². The van der Waals surface area contributed by atoms with Crippen molar-refractivity contribution in [2.24, 2.45) is 0 Å². The molecule has 0 aromatic heterocycles. The molecule has 1 rings (SSSR count). The highest BCUT2D eigenvalue weighted by Crippen LogP contribution is 2.22. The van der Waals surface area contributed by atoms with Crippen LogP contribution in [0.25, 0.3) is 0 Å². The standard InChI is InChI=1S/C13H19ClN2O2/c1-3-6-16-8-10-7-11(14)4-5-12(10)18-9-13(17)15-2/h4-5,7,16H,3,6,8-9H2,1-2H3,(H,15,17). The third kappa shape index (κ3) is 4.94. The van der Waals surface area contributed by atoms with E-state index in [1.165, 1.54) is 0 Å². The average Bonchev–Trinajstić information content (AvgIpc) is 2.37. The second kappa shape index (κ2) is 7.95. The molecule has 2 N–H and O–H groups in total. The van der Waals surface area contributed by atoms with Crippen molar-refractivity contribution in [1.29, 1.82) is 0 Å². The van der Waals surface area contributed by atoms with Crippen LogP contribution in [-0.4, -0.2) is 26.1 Å². The van der Waals surface area contributed by atoms with Gasteiger partial charge < -0.3 is 15.4 Å². The van der Waals surface area contributed by atoms with Crippen molar-refractivity contribution < 1.29 is 9.53 Å². The quantitative estimate of drug-likeness (QED) is 0.745. The molecule has 1 aromatic rings. The molecule has 0 unspecified atom stereocenters. The Balaban J connectivity index is 2.66. The fourth-order valence-electron chi connectivity index (χ4n) is 1.44. The third-order valence-electron chi connectivity index (χ3n) is 2.40. The van der Waals surface area contributed by atoms with Gasteiger partial charge in [-0.15, -0.1) is 0 Å². The third-order valence-corrected chi connectivity index (χ3v) is 2.64. The fourth-order valence-corrected chi connectivity index (χ4v) is 1.64. The number of nitrogens with one attached hydrogen (secondary N) is 2. The number of ether oxygens (including phenoxy) is 1. The lowest BCUT2D eigenvalue weighted by Gasteiger charge is -2.12. The summed E-state index contributed by atoms with van der Waals surface area (Å²) in [6, 6.07) is 5.39. The van der Waals surface area contributed by atoms with E-state index in [0.29, 0.717) is 17.3 Å². The minimum atomic E-state index is -0.155. The van der Waals surface area contributed by atoms with Gasteiger partial charge in [0.1, 0.15) is 5.75 Å². The number of hydrogen-bond acceptors (Lipinski definition) is 3.